The van der Waals surface area contributed by atoms with E-state index in [9.17, 15) is 4.79 Å². The van der Waals surface area contributed by atoms with E-state index in [4.69, 9.17) is 0 Å². The highest BCUT2D eigenvalue weighted by Crippen LogP contribution is 2.29. The van der Waals surface area contributed by atoms with Crippen LogP contribution >= 0.6 is 11.3 Å². The van der Waals surface area contributed by atoms with Crippen LogP contribution in [0.5, 0.6) is 0 Å². The van der Waals surface area contributed by atoms with E-state index in [2.05, 4.69) is 15.6 Å². The van der Waals surface area contributed by atoms with Crippen LogP contribution in [0.25, 0.3) is 0 Å². The van der Waals surface area contributed by atoms with Gasteiger partial charge >= 0.3 is 0 Å². The molecule has 19 heavy (non-hydrogen) atoms. The van der Waals surface area contributed by atoms with Gasteiger partial charge in [-0.15, -0.1) is 11.3 Å². The van der Waals surface area contributed by atoms with Crippen LogP contribution < -0.4 is 10.6 Å². The molecule has 0 spiro atoms. The van der Waals surface area contributed by atoms with Crippen LogP contribution in [0.3, 0.4) is 0 Å². The van der Waals surface area contributed by atoms with E-state index in [0.29, 0.717) is 12.3 Å². The van der Waals surface area contributed by atoms with Crippen LogP contribution in [0.15, 0.2) is 0 Å². The summed E-state index contributed by atoms with van der Waals surface area (Å²) >= 11 is 1.67. The monoisotopic (exact) mass is 279 g/mol. The molecule has 1 fully saturated rings. The fraction of sp³-hybridized carbons (Fsp3) is 0.714. The number of rotatable bonds is 4. The number of hydrogen-bond acceptors (Lipinski definition) is 4. The van der Waals surface area contributed by atoms with E-state index < -0.39 is 0 Å². The molecule has 1 aliphatic heterocycles. The first-order valence-electron chi connectivity index (χ1n) is 7.30. The summed E-state index contributed by atoms with van der Waals surface area (Å²) in [6.07, 6.45) is 7.53. The molecular weight excluding hydrogens is 258 g/mol. The van der Waals surface area contributed by atoms with Crippen molar-refractivity contribution in [3.8, 4) is 0 Å². The summed E-state index contributed by atoms with van der Waals surface area (Å²) in [5.74, 6) is 0.799. The second-order valence-corrected chi connectivity index (χ2v) is 6.63. The third-order valence-electron chi connectivity index (χ3n) is 4.03. The van der Waals surface area contributed by atoms with Crippen LogP contribution in [0.4, 0.5) is 5.13 Å². The number of hydrogen-bond donors (Lipinski definition) is 2. The lowest BCUT2D eigenvalue weighted by Crippen LogP contribution is -2.14. The Labute approximate surface area is 118 Å². The van der Waals surface area contributed by atoms with E-state index in [-0.39, 0.29) is 5.91 Å². The van der Waals surface area contributed by atoms with E-state index in [1.807, 2.05) is 0 Å². The Morgan fingerprint density at radius 2 is 2.32 bits per heavy atom. The molecule has 1 aromatic heterocycles. The number of nitrogens with zero attached hydrogens (tertiary/aromatic N) is 1. The molecule has 4 nitrogen and oxygen atoms in total. The third kappa shape index (κ3) is 3.34. The second-order valence-electron chi connectivity index (χ2n) is 5.54. The zero-order valence-corrected chi connectivity index (χ0v) is 12.0. The van der Waals surface area contributed by atoms with Gasteiger partial charge in [-0.3, -0.25) is 4.79 Å². The first-order chi connectivity index (χ1) is 9.31. The summed E-state index contributed by atoms with van der Waals surface area (Å²) in [5, 5.41) is 7.11. The Morgan fingerprint density at radius 1 is 1.42 bits per heavy atom. The molecule has 0 saturated carbocycles. The zero-order chi connectivity index (χ0) is 13.1. The molecule has 5 heteroatoms. The Hall–Kier alpha value is -0.940. The lowest BCUT2D eigenvalue weighted by atomic mass is 10.0. The number of anilines is 1. The average Bonchev–Trinajstić information content (AvgIpc) is 3.04. The molecule has 1 aromatic rings. The third-order valence-corrected chi connectivity index (χ3v) is 5.11. The van der Waals surface area contributed by atoms with Gasteiger partial charge in [-0.05, 0) is 57.5 Å². The smallest absolute Gasteiger partial charge is 0.226 e. The molecule has 0 aromatic carbocycles. The van der Waals surface area contributed by atoms with Gasteiger partial charge < -0.3 is 10.6 Å². The number of carbonyl (C=O) groups is 1. The number of carbonyl (C=O) groups excluding carboxylic acids is 1. The molecular formula is C14H21N3OS. The van der Waals surface area contributed by atoms with Crippen LogP contribution in [-0.2, 0) is 17.6 Å². The van der Waals surface area contributed by atoms with E-state index >= 15 is 0 Å². The summed E-state index contributed by atoms with van der Waals surface area (Å²) in [5.41, 5.74) is 1.21. The van der Waals surface area contributed by atoms with Crippen molar-refractivity contribution >= 4 is 22.4 Å². The fourth-order valence-electron chi connectivity index (χ4n) is 2.88. The number of fused-ring (bicyclic) bond motifs is 1. The molecule has 0 radical (unpaired) electrons. The lowest BCUT2D eigenvalue weighted by molar-refractivity contribution is -0.116. The van der Waals surface area contributed by atoms with Gasteiger partial charge in [-0.1, -0.05) is 0 Å². The molecule has 2 aliphatic rings. The maximum absolute atomic E-state index is 11.9. The van der Waals surface area contributed by atoms with Gasteiger partial charge in [0.1, 0.15) is 0 Å². The minimum Gasteiger partial charge on any atom is -0.316 e. The van der Waals surface area contributed by atoms with Crippen molar-refractivity contribution in [1.29, 1.82) is 0 Å². The van der Waals surface area contributed by atoms with Gasteiger partial charge in [-0.25, -0.2) is 4.98 Å². The van der Waals surface area contributed by atoms with Crippen molar-refractivity contribution in [3.05, 3.63) is 10.6 Å². The zero-order valence-electron chi connectivity index (χ0n) is 11.2. The summed E-state index contributed by atoms with van der Waals surface area (Å²) < 4.78 is 0. The number of aromatic nitrogens is 1. The first-order valence-corrected chi connectivity index (χ1v) is 8.12. The summed E-state index contributed by atoms with van der Waals surface area (Å²) in [6, 6.07) is 0. The average molecular weight is 279 g/mol. The standard InChI is InChI=1S/C14H21N3OS/c18-13(6-5-10-7-8-15-9-10)17-14-16-11-3-1-2-4-12(11)19-14/h10,15H,1-9H2,(H,16,17,18). The van der Waals surface area contributed by atoms with E-state index in [1.54, 1.807) is 11.3 Å². The molecule has 0 bridgehead atoms. The summed E-state index contributed by atoms with van der Waals surface area (Å²) in [7, 11) is 0. The van der Waals surface area contributed by atoms with Gasteiger partial charge in [0.05, 0.1) is 5.69 Å². The molecule has 1 amide bonds. The molecule has 1 saturated heterocycles. The molecule has 104 valence electrons. The minimum atomic E-state index is 0.123. The predicted octanol–water partition coefficient (Wildman–Crippen LogP) is 2.35. The number of aryl methyl sites for hydroxylation is 2. The number of thiazole rings is 1. The van der Waals surface area contributed by atoms with Crippen molar-refractivity contribution < 1.29 is 4.79 Å². The van der Waals surface area contributed by atoms with Crippen LogP contribution in [0.1, 0.15) is 42.7 Å². The first kappa shape index (κ1) is 13.1. The Balaban J connectivity index is 1.49. The van der Waals surface area contributed by atoms with Crippen molar-refractivity contribution in [2.24, 2.45) is 5.92 Å². The number of nitrogens with one attached hydrogen (secondary N) is 2. The molecule has 1 atom stereocenters. The SMILES string of the molecule is O=C(CCC1CCNC1)Nc1nc2c(s1)CCCC2. The molecule has 1 unspecified atom stereocenters. The molecule has 1 aliphatic carbocycles. The quantitative estimate of drug-likeness (QED) is 0.889. The van der Waals surface area contributed by atoms with Crippen LogP contribution in [-0.4, -0.2) is 24.0 Å². The van der Waals surface area contributed by atoms with Gasteiger partial charge in [-0.2, -0.15) is 0 Å². The lowest BCUT2D eigenvalue weighted by Gasteiger charge is -2.07. The predicted molar refractivity (Wildman–Crippen MR) is 77.6 cm³/mol. The Morgan fingerprint density at radius 3 is 3.11 bits per heavy atom. The summed E-state index contributed by atoms with van der Waals surface area (Å²) in [6.45, 7) is 2.17. The number of amides is 1. The van der Waals surface area contributed by atoms with E-state index in [0.717, 1.165) is 37.5 Å². The van der Waals surface area contributed by atoms with Crippen molar-refractivity contribution in [2.45, 2.75) is 44.9 Å². The maximum atomic E-state index is 11.9. The summed E-state index contributed by atoms with van der Waals surface area (Å²) in [4.78, 5) is 17.8. The van der Waals surface area contributed by atoms with Crippen molar-refractivity contribution in [3.63, 3.8) is 0 Å². The van der Waals surface area contributed by atoms with Gasteiger partial charge in [0, 0.05) is 11.3 Å². The fourth-order valence-corrected chi connectivity index (χ4v) is 3.95. The van der Waals surface area contributed by atoms with Gasteiger partial charge in [0.2, 0.25) is 5.91 Å². The maximum Gasteiger partial charge on any atom is 0.226 e. The van der Waals surface area contributed by atoms with Crippen LogP contribution in [0, 0.1) is 5.92 Å². The molecule has 2 N–H and O–H groups in total. The van der Waals surface area contributed by atoms with Crippen molar-refractivity contribution in [1.82, 2.24) is 10.3 Å². The largest absolute Gasteiger partial charge is 0.316 e. The minimum absolute atomic E-state index is 0.123. The Bertz CT molecular complexity index is 428. The highest BCUT2D eigenvalue weighted by atomic mass is 32.1. The topological polar surface area (TPSA) is 54.0 Å². The highest BCUT2D eigenvalue weighted by molar-refractivity contribution is 7.15. The molecule has 2 heterocycles. The van der Waals surface area contributed by atoms with E-state index in [1.165, 1.54) is 29.8 Å². The van der Waals surface area contributed by atoms with Gasteiger partial charge in [0.25, 0.3) is 0 Å². The normalized spacial score (nSPS) is 22.2. The second kappa shape index (κ2) is 6.01. The van der Waals surface area contributed by atoms with Crippen molar-refractivity contribution in [2.75, 3.05) is 18.4 Å². The Kier molecular flexibility index (Phi) is 4.13. The molecule has 3 rings (SSSR count). The van der Waals surface area contributed by atoms with Crippen LogP contribution in [0.2, 0.25) is 0 Å². The highest BCUT2D eigenvalue weighted by Gasteiger charge is 2.18. The van der Waals surface area contributed by atoms with Gasteiger partial charge in [0.15, 0.2) is 5.13 Å².